The highest BCUT2D eigenvalue weighted by Gasteiger charge is 2.78. The van der Waals surface area contributed by atoms with Crippen molar-refractivity contribution >= 4 is 0 Å². The fourth-order valence-electron chi connectivity index (χ4n) is 0.825. The lowest BCUT2D eigenvalue weighted by Crippen LogP contribution is -2.64. The van der Waals surface area contributed by atoms with Crippen molar-refractivity contribution in [3.8, 4) is 0 Å². The predicted molar refractivity (Wildman–Crippen MR) is 38.9 cm³/mol. The Bertz CT molecular complexity index is 250. The minimum atomic E-state index is -6.50. The van der Waals surface area contributed by atoms with E-state index in [2.05, 4.69) is 0 Å². The van der Waals surface area contributed by atoms with Gasteiger partial charge in [-0.2, -0.15) is 35.1 Å². The zero-order valence-electron chi connectivity index (χ0n) is 8.55. The summed E-state index contributed by atoms with van der Waals surface area (Å²) in [5.74, 6) is -12.2. The minimum absolute atomic E-state index is 0.741. The van der Waals surface area contributed by atoms with E-state index in [4.69, 9.17) is 0 Å². The summed E-state index contributed by atoms with van der Waals surface area (Å²) in [4.78, 5) is 0. The number of alkyl halides is 8. The molecule has 0 heterocycles. The van der Waals surface area contributed by atoms with Gasteiger partial charge in [0.2, 0.25) is 0 Å². The van der Waals surface area contributed by atoms with E-state index in [9.17, 15) is 35.1 Å². The maximum absolute atomic E-state index is 13.0. The van der Waals surface area contributed by atoms with E-state index in [0.29, 0.717) is 0 Å². The summed E-state index contributed by atoms with van der Waals surface area (Å²) in [6, 6.07) is 0. The fourth-order valence-corrected chi connectivity index (χ4v) is 0.825. The van der Waals surface area contributed by atoms with Crippen LogP contribution in [-0.4, -0.2) is 49.9 Å². The molecule has 0 aliphatic rings. The lowest BCUT2D eigenvalue weighted by Gasteiger charge is -2.36. The molecular weight excluding hydrogens is 250 g/mol. The molecule has 0 rings (SSSR count). The van der Waals surface area contributed by atoms with Crippen LogP contribution in [0.1, 0.15) is 0 Å². The first-order valence-electron chi connectivity index (χ1n) is 3.93. The third-order valence-corrected chi connectivity index (χ3v) is 1.75. The van der Waals surface area contributed by atoms with E-state index < -0.39 is 28.8 Å². The molecule has 9 heteroatoms. The third kappa shape index (κ3) is 2.38. The summed E-state index contributed by atoms with van der Waals surface area (Å²) in [6.07, 6.45) is -10.2. The monoisotopic (exact) mass is 260 g/mol. The molecule has 0 saturated heterocycles. The molecule has 0 aromatic carbocycles. The highest BCUT2D eigenvalue weighted by atomic mass is 19.4. The third-order valence-electron chi connectivity index (χ3n) is 1.75. The molecule has 98 valence electrons. The second kappa shape index (κ2) is 3.71. The van der Waals surface area contributed by atoms with Crippen LogP contribution in [0.15, 0.2) is 0 Å². The predicted octanol–water partition coefficient (Wildman–Crippen LogP) is 2.82. The summed E-state index contributed by atoms with van der Waals surface area (Å²) in [5, 5.41) is 0. The van der Waals surface area contributed by atoms with Crippen LogP contribution >= 0.6 is 0 Å². The summed E-state index contributed by atoms with van der Waals surface area (Å²) < 4.78 is 96.8. The molecular formula is C7H10F8N+. The van der Waals surface area contributed by atoms with Crippen molar-refractivity contribution in [3.05, 3.63) is 0 Å². The molecule has 0 saturated carbocycles. The van der Waals surface area contributed by atoms with Crippen LogP contribution in [0.5, 0.6) is 0 Å². The zero-order valence-corrected chi connectivity index (χ0v) is 8.55. The van der Waals surface area contributed by atoms with Crippen LogP contribution < -0.4 is 0 Å². The highest BCUT2D eigenvalue weighted by Crippen LogP contribution is 2.49. The van der Waals surface area contributed by atoms with Crippen LogP contribution in [0.4, 0.5) is 35.1 Å². The van der Waals surface area contributed by atoms with E-state index in [0.717, 1.165) is 21.1 Å². The van der Waals surface area contributed by atoms with Crippen LogP contribution in [0, 0.1) is 0 Å². The molecule has 0 aromatic rings. The first kappa shape index (κ1) is 15.4. The average molecular weight is 260 g/mol. The van der Waals surface area contributed by atoms with Gasteiger partial charge in [0.1, 0.15) is 0 Å². The second-order valence-corrected chi connectivity index (χ2v) is 4.15. The molecule has 0 fully saturated rings. The van der Waals surface area contributed by atoms with Crippen molar-refractivity contribution in [2.75, 3.05) is 21.1 Å². The molecule has 0 aliphatic carbocycles. The van der Waals surface area contributed by atoms with Crippen molar-refractivity contribution < 1.29 is 39.6 Å². The summed E-state index contributed by atoms with van der Waals surface area (Å²) in [7, 11) is 2.22. The molecule has 0 aromatic heterocycles. The fraction of sp³-hybridized carbons (Fsp3) is 1.00. The Morgan fingerprint density at radius 3 is 1.31 bits per heavy atom. The Balaban J connectivity index is 5.37. The Hall–Kier alpha value is -0.600. The number of nitrogens with zero attached hydrogens (tertiary/aromatic N) is 1. The molecule has 16 heavy (non-hydrogen) atoms. The van der Waals surface area contributed by atoms with Crippen molar-refractivity contribution in [2.24, 2.45) is 0 Å². The maximum atomic E-state index is 13.0. The summed E-state index contributed by atoms with van der Waals surface area (Å²) in [6.45, 7) is 0. The van der Waals surface area contributed by atoms with Crippen LogP contribution in [0.25, 0.3) is 0 Å². The molecule has 0 radical (unpaired) electrons. The topological polar surface area (TPSA) is 0 Å². The highest BCUT2D eigenvalue weighted by molar-refractivity contribution is 4.93. The molecule has 0 N–H and O–H groups in total. The Morgan fingerprint density at radius 1 is 0.812 bits per heavy atom. The zero-order chi connectivity index (χ0) is 13.6. The lowest BCUT2D eigenvalue weighted by molar-refractivity contribution is -0.923. The average Bonchev–Trinajstić information content (AvgIpc) is 1.98. The number of hydrogen-bond acceptors (Lipinski definition) is 0. The van der Waals surface area contributed by atoms with E-state index in [-0.39, 0.29) is 0 Å². The van der Waals surface area contributed by atoms with Crippen molar-refractivity contribution in [1.82, 2.24) is 0 Å². The van der Waals surface area contributed by atoms with Gasteiger partial charge in [-0.25, -0.2) is 0 Å². The van der Waals surface area contributed by atoms with Crippen LogP contribution in [0.2, 0.25) is 0 Å². The molecule has 0 spiro atoms. The van der Waals surface area contributed by atoms with Gasteiger partial charge in [0.15, 0.2) is 0 Å². The normalized spacial score (nSPS) is 17.4. The van der Waals surface area contributed by atoms with Crippen molar-refractivity contribution in [3.63, 3.8) is 0 Å². The van der Waals surface area contributed by atoms with E-state index in [1.54, 1.807) is 0 Å². The van der Waals surface area contributed by atoms with Crippen molar-refractivity contribution in [1.29, 1.82) is 0 Å². The van der Waals surface area contributed by atoms with Gasteiger partial charge < -0.3 is 0 Å². The number of quaternary nitrogens is 1. The first-order valence-corrected chi connectivity index (χ1v) is 3.93. The summed E-state index contributed by atoms with van der Waals surface area (Å²) >= 11 is 0. The van der Waals surface area contributed by atoms with E-state index in [1.807, 2.05) is 0 Å². The standard InChI is InChI=1S/C7H10F8N/c1-16(2,3)4(8)5(9,10)6(11,12)7(13,14)15/h4H,1-3H3/q+1. The Kier molecular flexibility index (Phi) is 3.57. The van der Waals surface area contributed by atoms with Gasteiger partial charge in [0, 0.05) is 0 Å². The number of rotatable bonds is 3. The van der Waals surface area contributed by atoms with Gasteiger partial charge in [-0.1, -0.05) is 0 Å². The maximum Gasteiger partial charge on any atom is 0.460 e. The van der Waals surface area contributed by atoms with E-state index in [1.165, 1.54) is 0 Å². The lowest BCUT2D eigenvalue weighted by atomic mass is 10.1. The molecule has 0 amide bonds. The molecule has 0 bridgehead atoms. The van der Waals surface area contributed by atoms with E-state index >= 15 is 0 Å². The molecule has 1 unspecified atom stereocenters. The smallest absolute Gasteiger partial charge is 0.297 e. The largest absolute Gasteiger partial charge is 0.460 e. The van der Waals surface area contributed by atoms with Gasteiger partial charge in [-0.05, 0) is 0 Å². The van der Waals surface area contributed by atoms with Crippen LogP contribution in [-0.2, 0) is 0 Å². The van der Waals surface area contributed by atoms with Gasteiger partial charge in [0.25, 0.3) is 0 Å². The summed E-state index contributed by atoms with van der Waals surface area (Å²) in [5.41, 5.74) is 0. The molecule has 0 aliphatic heterocycles. The van der Waals surface area contributed by atoms with Gasteiger partial charge in [0.05, 0.1) is 21.1 Å². The SMILES string of the molecule is C[N+](C)(C)C(F)C(F)(F)C(F)(F)C(F)(F)F. The number of halogens is 8. The minimum Gasteiger partial charge on any atom is -0.297 e. The van der Waals surface area contributed by atoms with Crippen molar-refractivity contribution in [2.45, 2.75) is 24.3 Å². The quantitative estimate of drug-likeness (QED) is 0.416. The number of hydrogen-bond donors (Lipinski definition) is 0. The first-order chi connectivity index (χ1) is 6.65. The molecule has 1 atom stereocenters. The van der Waals surface area contributed by atoms with Gasteiger partial charge >= 0.3 is 24.3 Å². The Labute approximate surface area is 86.2 Å². The molecule has 1 nitrogen and oxygen atoms in total. The van der Waals surface area contributed by atoms with Gasteiger partial charge in [-0.15, -0.1) is 0 Å². The van der Waals surface area contributed by atoms with Gasteiger partial charge in [-0.3, -0.25) is 4.48 Å². The van der Waals surface area contributed by atoms with Crippen LogP contribution in [0.3, 0.4) is 0 Å². The second-order valence-electron chi connectivity index (χ2n) is 4.15. The Morgan fingerprint density at radius 2 is 1.12 bits per heavy atom.